The quantitative estimate of drug-likeness (QED) is 0.803. The molecular formula is C15H19IN2O. The van der Waals surface area contributed by atoms with Crippen molar-refractivity contribution in [1.29, 1.82) is 0 Å². The van der Waals surface area contributed by atoms with Gasteiger partial charge in [0.15, 0.2) is 0 Å². The van der Waals surface area contributed by atoms with Crippen LogP contribution in [0.4, 0.5) is 5.69 Å². The fourth-order valence-electron chi connectivity index (χ4n) is 3.37. The summed E-state index contributed by atoms with van der Waals surface area (Å²) in [7, 11) is 0. The Bertz CT molecular complexity index is 465. The Morgan fingerprint density at radius 3 is 2.63 bits per heavy atom. The van der Waals surface area contributed by atoms with Gasteiger partial charge in [0.25, 0.3) is 0 Å². The van der Waals surface area contributed by atoms with Crippen LogP contribution in [0.1, 0.15) is 32.1 Å². The lowest BCUT2D eigenvalue weighted by molar-refractivity contribution is -0.117. The Balaban J connectivity index is 1.56. The minimum atomic E-state index is 0.162. The second kappa shape index (κ2) is 5.79. The molecule has 2 atom stereocenters. The van der Waals surface area contributed by atoms with Crippen LogP contribution in [0.5, 0.6) is 0 Å². The first-order chi connectivity index (χ1) is 9.20. The van der Waals surface area contributed by atoms with E-state index in [1.54, 1.807) is 0 Å². The zero-order valence-electron chi connectivity index (χ0n) is 10.9. The van der Waals surface area contributed by atoms with Crippen LogP contribution in [0.2, 0.25) is 0 Å². The third-order valence-corrected chi connectivity index (χ3v) is 5.13. The van der Waals surface area contributed by atoms with Crippen LogP contribution in [0.25, 0.3) is 0 Å². The highest BCUT2D eigenvalue weighted by Gasteiger charge is 2.34. The summed E-state index contributed by atoms with van der Waals surface area (Å²) in [5.41, 5.74) is 0.935. The standard InChI is InChI=1S/C15H19IN2O/c16-13-3-1-2-4-14(13)18-15(19)9-10-7-11-5-6-12(8-10)17-11/h1-4,10-12,17H,5-9H2,(H,18,19). The number of para-hydroxylation sites is 1. The Labute approximate surface area is 127 Å². The monoisotopic (exact) mass is 370 g/mol. The fraction of sp³-hybridized carbons (Fsp3) is 0.533. The summed E-state index contributed by atoms with van der Waals surface area (Å²) in [4.78, 5) is 12.1. The van der Waals surface area contributed by atoms with Crippen LogP contribution >= 0.6 is 22.6 Å². The van der Waals surface area contributed by atoms with Crippen molar-refractivity contribution >= 4 is 34.2 Å². The van der Waals surface area contributed by atoms with E-state index in [0.29, 0.717) is 24.4 Å². The molecule has 0 aromatic heterocycles. The molecule has 1 amide bonds. The molecule has 0 spiro atoms. The highest BCUT2D eigenvalue weighted by molar-refractivity contribution is 14.1. The van der Waals surface area contributed by atoms with Crippen LogP contribution in [0.3, 0.4) is 0 Å². The molecule has 2 fully saturated rings. The van der Waals surface area contributed by atoms with Gasteiger partial charge in [0.05, 0.1) is 5.69 Å². The second-order valence-corrected chi connectivity index (χ2v) is 6.87. The van der Waals surface area contributed by atoms with Crippen LogP contribution in [-0.4, -0.2) is 18.0 Å². The van der Waals surface area contributed by atoms with Crippen LogP contribution in [0.15, 0.2) is 24.3 Å². The summed E-state index contributed by atoms with van der Waals surface area (Å²) in [6.45, 7) is 0. The number of piperidine rings is 1. The molecule has 4 heteroatoms. The number of fused-ring (bicyclic) bond motifs is 2. The third kappa shape index (κ3) is 3.28. The summed E-state index contributed by atoms with van der Waals surface area (Å²) in [5, 5.41) is 6.66. The van der Waals surface area contributed by atoms with E-state index in [1.165, 1.54) is 12.8 Å². The molecule has 0 aliphatic carbocycles. The highest BCUT2D eigenvalue weighted by atomic mass is 127. The van der Waals surface area contributed by atoms with Gasteiger partial charge in [-0.3, -0.25) is 4.79 Å². The summed E-state index contributed by atoms with van der Waals surface area (Å²) >= 11 is 2.26. The summed E-state index contributed by atoms with van der Waals surface area (Å²) in [6.07, 6.45) is 5.57. The molecule has 3 nitrogen and oxygen atoms in total. The molecule has 1 aromatic rings. The number of carbonyl (C=O) groups is 1. The number of halogens is 1. The highest BCUT2D eigenvalue weighted by Crippen LogP contribution is 2.32. The van der Waals surface area contributed by atoms with Crippen molar-refractivity contribution < 1.29 is 4.79 Å². The van der Waals surface area contributed by atoms with Crippen LogP contribution < -0.4 is 10.6 Å². The Hall–Kier alpha value is -0.620. The summed E-state index contributed by atoms with van der Waals surface area (Å²) in [5.74, 6) is 0.718. The molecule has 2 saturated heterocycles. The number of benzene rings is 1. The predicted molar refractivity (Wildman–Crippen MR) is 85.1 cm³/mol. The Morgan fingerprint density at radius 2 is 1.95 bits per heavy atom. The molecule has 2 unspecified atom stereocenters. The first-order valence-corrected chi connectivity index (χ1v) is 8.09. The lowest BCUT2D eigenvalue weighted by Crippen LogP contribution is -2.39. The largest absolute Gasteiger partial charge is 0.325 e. The zero-order valence-corrected chi connectivity index (χ0v) is 13.0. The van der Waals surface area contributed by atoms with Gasteiger partial charge in [0.2, 0.25) is 5.91 Å². The third-order valence-electron chi connectivity index (χ3n) is 4.19. The van der Waals surface area contributed by atoms with Gasteiger partial charge in [-0.15, -0.1) is 0 Å². The minimum Gasteiger partial charge on any atom is -0.325 e. The molecular weight excluding hydrogens is 351 g/mol. The molecule has 2 N–H and O–H groups in total. The van der Waals surface area contributed by atoms with Crippen molar-refractivity contribution in [2.75, 3.05) is 5.32 Å². The van der Waals surface area contributed by atoms with E-state index in [4.69, 9.17) is 0 Å². The van der Waals surface area contributed by atoms with Gasteiger partial charge in [-0.1, -0.05) is 12.1 Å². The molecule has 3 rings (SSSR count). The molecule has 0 saturated carbocycles. The first kappa shape index (κ1) is 13.4. The van der Waals surface area contributed by atoms with E-state index in [9.17, 15) is 4.79 Å². The van der Waals surface area contributed by atoms with Crippen molar-refractivity contribution in [3.05, 3.63) is 27.8 Å². The average molecular weight is 370 g/mol. The SMILES string of the molecule is O=C(CC1CC2CCC(C1)N2)Nc1ccccc1I. The normalized spacial score (nSPS) is 29.2. The predicted octanol–water partition coefficient (Wildman–Crippen LogP) is 3.15. The molecule has 0 radical (unpaired) electrons. The van der Waals surface area contributed by atoms with Gasteiger partial charge in [-0.05, 0) is 66.3 Å². The molecule has 102 valence electrons. The Morgan fingerprint density at radius 1 is 1.26 bits per heavy atom. The molecule has 19 heavy (non-hydrogen) atoms. The molecule has 2 bridgehead atoms. The van der Waals surface area contributed by atoms with E-state index in [2.05, 4.69) is 33.2 Å². The number of amides is 1. The molecule has 2 aliphatic heterocycles. The number of hydrogen-bond acceptors (Lipinski definition) is 2. The maximum Gasteiger partial charge on any atom is 0.224 e. The average Bonchev–Trinajstić information content (AvgIpc) is 2.72. The van der Waals surface area contributed by atoms with Crippen molar-refractivity contribution in [1.82, 2.24) is 5.32 Å². The maximum atomic E-state index is 12.1. The van der Waals surface area contributed by atoms with Gasteiger partial charge in [-0.2, -0.15) is 0 Å². The fourth-order valence-corrected chi connectivity index (χ4v) is 3.89. The van der Waals surface area contributed by atoms with Gasteiger partial charge in [0, 0.05) is 22.1 Å². The summed E-state index contributed by atoms with van der Waals surface area (Å²) in [6, 6.07) is 9.25. The molecule has 2 aliphatic rings. The topological polar surface area (TPSA) is 41.1 Å². The van der Waals surface area contributed by atoms with Gasteiger partial charge in [0.1, 0.15) is 0 Å². The van der Waals surface area contributed by atoms with Gasteiger partial charge in [-0.25, -0.2) is 0 Å². The lowest BCUT2D eigenvalue weighted by Gasteiger charge is -2.28. The van der Waals surface area contributed by atoms with Crippen molar-refractivity contribution in [2.45, 2.75) is 44.2 Å². The second-order valence-electron chi connectivity index (χ2n) is 5.71. The van der Waals surface area contributed by atoms with Crippen LogP contribution in [-0.2, 0) is 4.79 Å². The number of rotatable bonds is 3. The lowest BCUT2D eigenvalue weighted by atomic mass is 9.89. The number of carbonyl (C=O) groups excluding carboxylic acids is 1. The summed E-state index contributed by atoms with van der Waals surface area (Å²) < 4.78 is 1.10. The zero-order chi connectivity index (χ0) is 13.2. The van der Waals surface area contributed by atoms with Crippen molar-refractivity contribution in [2.24, 2.45) is 5.92 Å². The number of anilines is 1. The Kier molecular flexibility index (Phi) is 4.07. The maximum absolute atomic E-state index is 12.1. The van der Waals surface area contributed by atoms with E-state index >= 15 is 0 Å². The molecule has 1 aromatic carbocycles. The van der Waals surface area contributed by atoms with E-state index < -0.39 is 0 Å². The first-order valence-electron chi connectivity index (χ1n) is 7.01. The van der Waals surface area contributed by atoms with E-state index in [1.807, 2.05) is 24.3 Å². The smallest absolute Gasteiger partial charge is 0.224 e. The van der Waals surface area contributed by atoms with Crippen molar-refractivity contribution in [3.8, 4) is 0 Å². The van der Waals surface area contributed by atoms with E-state index in [-0.39, 0.29) is 5.91 Å². The van der Waals surface area contributed by atoms with E-state index in [0.717, 1.165) is 22.1 Å². The van der Waals surface area contributed by atoms with Crippen LogP contribution in [0, 0.1) is 9.49 Å². The molecule has 2 heterocycles. The van der Waals surface area contributed by atoms with Crippen molar-refractivity contribution in [3.63, 3.8) is 0 Å². The number of hydrogen-bond donors (Lipinski definition) is 2. The minimum absolute atomic E-state index is 0.162. The number of nitrogens with one attached hydrogen (secondary N) is 2. The van der Waals surface area contributed by atoms with Gasteiger partial charge < -0.3 is 10.6 Å². The van der Waals surface area contributed by atoms with Gasteiger partial charge >= 0.3 is 0 Å².